The topological polar surface area (TPSA) is 42.3 Å². The smallest absolute Gasteiger partial charge is 0.174 e. The molecule has 1 fully saturated rings. The van der Waals surface area contributed by atoms with Crippen LogP contribution in [0.5, 0.6) is 5.75 Å². The maximum absolute atomic E-state index is 6.18. The van der Waals surface area contributed by atoms with Gasteiger partial charge in [0.15, 0.2) is 5.11 Å². The van der Waals surface area contributed by atoms with Crippen LogP contribution in [0.15, 0.2) is 79.0 Å². The average molecular weight is 489 g/mol. The molecule has 5 rings (SSSR count). The molecule has 2 atom stereocenters. The van der Waals surface area contributed by atoms with Crippen molar-refractivity contribution >= 4 is 34.6 Å². The third-order valence-electron chi connectivity index (χ3n) is 6.30. The second-order valence-corrected chi connectivity index (χ2v) is 9.16. The maximum atomic E-state index is 6.18. The minimum absolute atomic E-state index is 0.0888. The molecule has 2 aromatic carbocycles. The minimum Gasteiger partial charge on any atom is -0.497 e. The number of hydrogen-bond acceptors (Lipinski definition) is 3. The second-order valence-electron chi connectivity index (χ2n) is 8.34. The molecule has 1 aliphatic rings. The third-order valence-corrected chi connectivity index (χ3v) is 6.87. The van der Waals surface area contributed by atoms with Crippen molar-refractivity contribution in [2.24, 2.45) is 0 Å². The highest BCUT2D eigenvalue weighted by molar-refractivity contribution is 7.80. The molecule has 34 heavy (non-hydrogen) atoms. The first kappa shape index (κ1) is 22.4. The third kappa shape index (κ3) is 3.93. The summed E-state index contributed by atoms with van der Waals surface area (Å²) in [6, 6.07) is 23.9. The summed E-state index contributed by atoms with van der Waals surface area (Å²) in [5.74, 6) is 0.824. The van der Waals surface area contributed by atoms with E-state index in [2.05, 4.69) is 51.8 Å². The Morgan fingerprint density at radius 1 is 0.971 bits per heavy atom. The van der Waals surface area contributed by atoms with Crippen LogP contribution in [0.25, 0.3) is 5.69 Å². The fourth-order valence-corrected chi connectivity index (χ4v) is 5.26. The highest BCUT2D eigenvalue weighted by Gasteiger charge is 2.42. The molecule has 172 valence electrons. The number of nitrogens with one attached hydrogen (secondary N) is 1. The second kappa shape index (κ2) is 9.12. The van der Waals surface area contributed by atoms with Gasteiger partial charge in [0.2, 0.25) is 0 Å². The molecule has 3 heterocycles. The zero-order valence-electron chi connectivity index (χ0n) is 19.2. The molecule has 2 aromatic heterocycles. The quantitative estimate of drug-likeness (QED) is 0.332. The molecule has 0 bridgehead atoms. The number of aromatic nitrogens is 2. The summed E-state index contributed by atoms with van der Waals surface area (Å²) in [7, 11) is 1.69. The van der Waals surface area contributed by atoms with Crippen molar-refractivity contribution in [3.8, 4) is 11.4 Å². The lowest BCUT2D eigenvalue weighted by atomic mass is 9.96. The van der Waals surface area contributed by atoms with Crippen LogP contribution in [-0.2, 0) is 0 Å². The number of rotatable bonds is 5. The Morgan fingerprint density at radius 3 is 2.47 bits per heavy atom. The Balaban J connectivity index is 1.67. The first-order valence-electron chi connectivity index (χ1n) is 11.1. The molecule has 5 nitrogen and oxygen atoms in total. The SMILES string of the molecule is COc1cccc(-n2c(C)cc([C@@H]3[C@H](c4ccccn4)NC(=S)N3c3ccc(Cl)cc3)c2C)c1. The molecule has 1 saturated heterocycles. The lowest BCUT2D eigenvalue weighted by Gasteiger charge is -2.28. The van der Waals surface area contributed by atoms with E-state index in [9.17, 15) is 0 Å². The van der Waals surface area contributed by atoms with Crippen LogP contribution in [-0.4, -0.2) is 21.8 Å². The van der Waals surface area contributed by atoms with E-state index in [0.717, 1.165) is 34.2 Å². The number of halogens is 1. The van der Waals surface area contributed by atoms with Gasteiger partial charge in [0.05, 0.1) is 24.9 Å². The van der Waals surface area contributed by atoms with E-state index in [0.29, 0.717) is 10.1 Å². The molecule has 0 radical (unpaired) electrons. The number of benzene rings is 2. The summed E-state index contributed by atoms with van der Waals surface area (Å²) in [5, 5.41) is 4.88. The number of thiocarbonyl (C=S) groups is 1. The van der Waals surface area contributed by atoms with Crippen LogP contribution < -0.4 is 15.0 Å². The molecule has 1 N–H and O–H groups in total. The molecule has 7 heteroatoms. The van der Waals surface area contributed by atoms with Gasteiger partial charge in [-0.25, -0.2) is 0 Å². The van der Waals surface area contributed by atoms with Gasteiger partial charge in [-0.05, 0) is 86.2 Å². The van der Waals surface area contributed by atoms with Crippen molar-refractivity contribution in [1.82, 2.24) is 14.9 Å². The fourth-order valence-electron chi connectivity index (χ4n) is 4.78. The monoisotopic (exact) mass is 488 g/mol. The van der Waals surface area contributed by atoms with Crippen molar-refractivity contribution < 1.29 is 4.74 Å². The van der Waals surface area contributed by atoms with Gasteiger partial charge in [-0.15, -0.1) is 0 Å². The van der Waals surface area contributed by atoms with Crippen molar-refractivity contribution in [2.45, 2.75) is 25.9 Å². The predicted octanol–water partition coefficient (Wildman–Crippen LogP) is 6.33. The van der Waals surface area contributed by atoms with Gasteiger partial charge >= 0.3 is 0 Å². The van der Waals surface area contributed by atoms with E-state index in [4.69, 9.17) is 28.6 Å². The lowest BCUT2D eigenvalue weighted by molar-refractivity contribution is 0.414. The zero-order chi connectivity index (χ0) is 23.8. The molecule has 0 unspecified atom stereocenters. The zero-order valence-corrected chi connectivity index (χ0v) is 20.8. The first-order valence-corrected chi connectivity index (χ1v) is 11.9. The van der Waals surface area contributed by atoms with Crippen molar-refractivity contribution in [1.29, 1.82) is 0 Å². The highest BCUT2D eigenvalue weighted by atomic mass is 35.5. The molecule has 0 aliphatic carbocycles. The number of pyridine rings is 1. The lowest BCUT2D eigenvalue weighted by Crippen LogP contribution is -2.29. The molecule has 0 amide bonds. The van der Waals surface area contributed by atoms with Gasteiger partial charge in [-0.2, -0.15) is 0 Å². The fraction of sp³-hybridized carbons (Fsp3) is 0.185. The van der Waals surface area contributed by atoms with E-state index in [1.807, 2.05) is 60.8 Å². The molecule has 0 saturated carbocycles. The number of hydrogen-bond donors (Lipinski definition) is 1. The number of methoxy groups -OCH3 is 1. The number of anilines is 1. The summed E-state index contributed by atoms with van der Waals surface area (Å²) in [6.07, 6.45) is 1.82. The van der Waals surface area contributed by atoms with Crippen molar-refractivity contribution in [2.75, 3.05) is 12.0 Å². The summed E-state index contributed by atoms with van der Waals surface area (Å²) in [6.45, 7) is 4.28. The standard InChI is InChI=1S/C27H25ClN4OS/c1-17-15-23(18(2)31(17)21-7-6-8-22(16-21)33-3)26-25(24-9-4-5-14-29-24)30-27(34)32(26)20-12-10-19(28)11-13-20/h4-16,25-26H,1-3H3,(H,30,34)/t25-,26+/m0/s1. The van der Waals surface area contributed by atoms with Crippen molar-refractivity contribution in [3.05, 3.63) is 107 Å². The van der Waals surface area contributed by atoms with Gasteiger partial charge in [0, 0.05) is 40.0 Å². The Bertz CT molecular complexity index is 1340. The van der Waals surface area contributed by atoms with Crippen LogP contribution in [0.4, 0.5) is 5.69 Å². The molecule has 0 spiro atoms. The number of ether oxygens (including phenoxy) is 1. The van der Waals surface area contributed by atoms with Gasteiger partial charge < -0.3 is 19.5 Å². The van der Waals surface area contributed by atoms with Crippen LogP contribution >= 0.6 is 23.8 Å². The van der Waals surface area contributed by atoms with E-state index < -0.39 is 0 Å². The van der Waals surface area contributed by atoms with Crippen molar-refractivity contribution in [3.63, 3.8) is 0 Å². The molecule has 1 aliphatic heterocycles. The Kier molecular flexibility index (Phi) is 6.02. The van der Waals surface area contributed by atoms with E-state index >= 15 is 0 Å². The Morgan fingerprint density at radius 2 is 1.76 bits per heavy atom. The Labute approximate surface area is 210 Å². The highest BCUT2D eigenvalue weighted by Crippen LogP contribution is 2.44. The van der Waals surface area contributed by atoms with E-state index in [-0.39, 0.29) is 12.1 Å². The van der Waals surface area contributed by atoms with Crippen LogP contribution in [0.2, 0.25) is 5.02 Å². The molecular formula is C27H25ClN4OS. The average Bonchev–Trinajstić information content (AvgIpc) is 3.35. The van der Waals surface area contributed by atoms with Crippen LogP contribution in [0.3, 0.4) is 0 Å². The van der Waals surface area contributed by atoms with Gasteiger partial charge in [-0.3, -0.25) is 4.98 Å². The van der Waals surface area contributed by atoms with Gasteiger partial charge in [-0.1, -0.05) is 23.7 Å². The summed E-state index contributed by atoms with van der Waals surface area (Å²) < 4.78 is 7.73. The van der Waals surface area contributed by atoms with Crippen LogP contribution in [0.1, 0.15) is 34.7 Å². The van der Waals surface area contributed by atoms with E-state index in [1.165, 1.54) is 5.56 Å². The molecule has 4 aromatic rings. The summed E-state index contributed by atoms with van der Waals surface area (Å²) in [4.78, 5) is 6.83. The van der Waals surface area contributed by atoms with E-state index in [1.54, 1.807) is 7.11 Å². The predicted molar refractivity (Wildman–Crippen MR) is 141 cm³/mol. The summed E-state index contributed by atoms with van der Waals surface area (Å²) >= 11 is 12.0. The first-order chi connectivity index (χ1) is 16.5. The minimum atomic E-state index is -0.108. The van der Waals surface area contributed by atoms with Gasteiger partial charge in [0.25, 0.3) is 0 Å². The van der Waals surface area contributed by atoms with Crippen LogP contribution in [0, 0.1) is 13.8 Å². The normalized spacial score (nSPS) is 17.6. The Hall–Kier alpha value is -3.35. The maximum Gasteiger partial charge on any atom is 0.174 e. The van der Waals surface area contributed by atoms with Gasteiger partial charge in [0.1, 0.15) is 5.75 Å². The summed E-state index contributed by atoms with van der Waals surface area (Å²) in [5.41, 5.74) is 6.44. The number of aryl methyl sites for hydroxylation is 1. The number of nitrogens with zero attached hydrogens (tertiary/aromatic N) is 3. The largest absolute Gasteiger partial charge is 0.497 e. The molecular weight excluding hydrogens is 464 g/mol.